The number of pyridine rings is 1. The standard InChI is InChI=1S/C27H33N3O3S/c1-6-29(7-2)27(31)19-30(23-15-12-21(5)13-16-23)24-10-8-9-11-25(24)34(32,33)26-17-14-22(18-28-26)20(3)4/h8-18,20H,6-7,19H2,1-5H3. The molecule has 0 saturated heterocycles. The number of hydrogen-bond donors (Lipinski definition) is 0. The van der Waals surface area contributed by atoms with Crippen molar-refractivity contribution < 1.29 is 13.2 Å². The molecule has 0 unspecified atom stereocenters. The second-order valence-electron chi connectivity index (χ2n) is 8.54. The number of benzene rings is 2. The van der Waals surface area contributed by atoms with Crippen molar-refractivity contribution in [1.29, 1.82) is 0 Å². The smallest absolute Gasteiger partial charge is 0.242 e. The van der Waals surface area contributed by atoms with Gasteiger partial charge in [-0.2, -0.15) is 0 Å². The van der Waals surface area contributed by atoms with E-state index in [1.807, 2.05) is 58.9 Å². The van der Waals surface area contributed by atoms with Crippen LogP contribution in [0.1, 0.15) is 44.7 Å². The van der Waals surface area contributed by atoms with E-state index in [0.717, 1.165) is 16.8 Å². The van der Waals surface area contributed by atoms with E-state index in [1.165, 1.54) is 0 Å². The Labute approximate surface area is 203 Å². The van der Waals surface area contributed by atoms with E-state index >= 15 is 0 Å². The number of amides is 1. The fourth-order valence-corrected chi connectivity index (χ4v) is 5.14. The van der Waals surface area contributed by atoms with Crippen LogP contribution in [0.4, 0.5) is 11.4 Å². The Morgan fingerprint density at radius 3 is 2.15 bits per heavy atom. The molecular formula is C27H33N3O3S. The van der Waals surface area contributed by atoms with Crippen molar-refractivity contribution >= 4 is 27.1 Å². The van der Waals surface area contributed by atoms with E-state index in [9.17, 15) is 13.2 Å². The van der Waals surface area contributed by atoms with Gasteiger partial charge in [0, 0.05) is 25.0 Å². The molecular weight excluding hydrogens is 446 g/mol. The largest absolute Gasteiger partial charge is 0.342 e. The molecule has 1 amide bonds. The molecule has 1 heterocycles. The molecule has 0 radical (unpaired) electrons. The van der Waals surface area contributed by atoms with E-state index in [0.29, 0.717) is 18.8 Å². The van der Waals surface area contributed by atoms with Crippen molar-refractivity contribution in [3.63, 3.8) is 0 Å². The highest BCUT2D eigenvalue weighted by atomic mass is 32.2. The zero-order valence-electron chi connectivity index (χ0n) is 20.5. The molecule has 0 N–H and O–H groups in total. The number of aryl methyl sites for hydroxylation is 1. The lowest BCUT2D eigenvalue weighted by Gasteiger charge is -2.29. The minimum absolute atomic E-state index is 0.0109. The van der Waals surface area contributed by atoms with E-state index in [4.69, 9.17) is 0 Å². The third-order valence-electron chi connectivity index (χ3n) is 5.90. The Hall–Kier alpha value is -3.19. The summed E-state index contributed by atoms with van der Waals surface area (Å²) >= 11 is 0. The van der Waals surface area contributed by atoms with E-state index in [2.05, 4.69) is 4.98 Å². The number of likely N-dealkylation sites (N-methyl/N-ethyl adjacent to an activating group) is 1. The van der Waals surface area contributed by atoms with E-state index in [-0.39, 0.29) is 28.3 Å². The van der Waals surface area contributed by atoms with Gasteiger partial charge in [-0.25, -0.2) is 13.4 Å². The van der Waals surface area contributed by atoms with Gasteiger partial charge in [-0.15, -0.1) is 0 Å². The lowest BCUT2D eigenvalue weighted by Crippen LogP contribution is -2.39. The number of para-hydroxylation sites is 1. The molecule has 1 aromatic heterocycles. The van der Waals surface area contributed by atoms with Crippen molar-refractivity contribution in [2.75, 3.05) is 24.5 Å². The third-order valence-corrected chi connectivity index (χ3v) is 7.62. The monoisotopic (exact) mass is 479 g/mol. The first-order chi connectivity index (χ1) is 16.2. The fraction of sp³-hybridized carbons (Fsp3) is 0.333. The van der Waals surface area contributed by atoms with Crippen LogP contribution in [0.3, 0.4) is 0 Å². The van der Waals surface area contributed by atoms with Crippen molar-refractivity contribution in [2.45, 2.75) is 50.5 Å². The van der Waals surface area contributed by atoms with Crippen LogP contribution in [0.25, 0.3) is 0 Å². The number of hydrogen-bond acceptors (Lipinski definition) is 5. The molecule has 0 aliphatic heterocycles. The van der Waals surface area contributed by atoms with Crippen LogP contribution in [0, 0.1) is 6.92 Å². The van der Waals surface area contributed by atoms with E-state index in [1.54, 1.807) is 52.4 Å². The molecule has 7 heteroatoms. The summed E-state index contributed by atoms with van der Waals surface area (Å²) in [4.78, 5) is 21.0. The summed E-state index contributed by atoms with van der Waals surface area (Å²) < 4.78 is 27.3. The van der Waals surface area contributed by atoms with Crippen LogP contribution < -0.4 is 4.90 Å². The Balaban J connectivity index is 2.12. The van der Waals surface area contributed by atoms with Gasteiger partial charge in [0.1, 0.15) is 6.54 Å². The third kappa shape index (κ3) is 5.47. The minimum atomic E-state index is -3.92. The summed E-state index contributed by atoms with van der Waals surface area (Å²) in [5, 5.41) is -0.0109. The molecule has 3 aromatic rings. The summed E-state index contributed by atoms with van der Waals surface area (Å²) in [6.45, 7) is 11.1. The van der Waals surface area contributed by atoms with Gasteiger partial charge in [0.05, 0.1) is 10.6 Å². The van der Waals surface area contributed by atoms with Gasteiger partial charge in [0.15, 0.2) is 5.03 Å². The lowest BCUT2D eigenvalue weighted by molar-refractivity contribution is -0.129. The number of carbonyl (C=O) groups excluding carboxylic acids is 1. The zero-order valence-corrected chi connectivity index (χ0v) is 21.3. The summed E-state index contributed by atoms with van der Waals surface area (Å²) in [5.41, 5.74) is 3.24. The van der Waals surface area contributed by atoms with E-state index < -0.39 is 9.84 Å². The van der Waals surface area contributed by atoms with Crippen LogP contribution in [0.15, 0.2) is 76.8 Å². The van der Waals surface area contributed by atoms with Gasteiger partial charge >= 0.3 is 0 Å². The Bertz CT molecular complexity index is 1220. The molecule has 0 saturated carbocycles. The molecule has 0 spiro atoms. The van der Waals surface area contributed by atoms with Gasteiger partial charge in [-0.3, -0.25) is 4.79 Å². The number of aromatic nitrogens is 1. The van der Waals surface area contributed by atoms with Gasteiger partial charge < -0.3 is 9.80 Å². The number of nitrogens with zero attached hydrogens (tertiary/aromatic N) is 3. The Kier molecular flexibility index (Phi) is 8.10. The second kappa shape index (κ2) is 10.8. The molecule has 180 valence electrons. The summed E-state index contributed by atoms with van der Waals surface area (Å²) in [6.07, 6.45) is 1.61. The SMILES string of the molecule is CCN(CC)C(=O)CN(c1ccc(C)cc1)c1ccccc1S(=O)(=O)c1ccc(C(C)C)cn1. The number of rotatable bonds is 9. The van der Waals surface area contributed by atoms with Crippen molar-refractivity contribution in [1.82, 2.24) is 9.88 Å². The lowest BCUT2D eigenvalue weighted by atomic mass is 10.1. The quantitative estimate of drug-likeness (QED) is 0.414. The van der Waals surface area contributed by atoms with Crippen LogP contribution in [0.2, 0.25) is 0 Å². The minimum Gasteiger partial charge on any atom is -0.342 e. The second-order valence-corrected chi connectivity index (χ2v) is 10.4. The predicted molar refractivity (Wildman–Crippen MR) is 136 cm³/mol. The first-order valence-corrected chi connectivity index (χ1v) is 13.1. The van der Waals surface area contributed by atoms with Crippen LogP contribution in [-0.2, 0) is 14.6 Å². The molecule has 3 rings (SSSR count). The van der Waals surface area contributed by atoms with Gasteiger partial charge in [0.25, 0.3) is 0 Å². The maximum atomic E-state index is 13.7. The molecule has 0 aliphatic rings. The summed E-state index contributed by atoms with van der Waals surface area (Å²) in [5.74, 6) is 0.178. The predicted octanol–water partition coefficient (Wildman–Crippen LogP) is 5.35. The van der Waals surface area contributed by atoms with Crippen LogP contribution in [0.5, 0.6) is 0 Å². The molecule has 6 nitrogen and oxygen atoms in total. The Morgan fingerprint density at radius 1 is 0.941 bits per heavy atom. The number of anilines is 2. The maximum Gasteiger partial charge on any atom is 0.242 e. The summed E-state index contributed by atoms with van der Waals surface area (Å²) in [6, 6.07) is 17.9. The normalized spacial score (nSPS) is 11.5. The molecule has 2 aromatic carbocycles. The number of carbonyl (C=O) groups is 1. The van der Waals surface area contributed by atoms with Crippen molar-refractivity contribution in [2.24, 2.45) is 0 Å². The first-order valence-electron chi connectivity index (χ1n) is 11.6. The highest BCUT2D eigenvalue weighted by Crippen LogP contribution is 2.34. The number of sulfone groups is 1. The van der Waals surface area contributed by atoms with Gasteiger partial charge in [-0.1, -0.05) is 49.7 Å². The highest BCUT2D eigenvalue weighted by molar-refractivity contribution is 7.91. The molecule has 0 aliphatic carbocycles. The molecule has 34 heavy (non-hydrogen) atoms. The summed E-state index contributed by atoms with van der Waals surface area (Å²) in [7, 11) is -3.92. The van der Waals surface area contributed by atoms with Gasteiger partial charge in [0.2, 0.25) is 15.7 Å². The first kappa shape index (κ1) is 25.4. The zero-order chi connectivity index (χ0) is 24.9. The molecule has 0 atom stereocenters. The van der Waals surface area contributed by atoms with Crippen LogP contribution >= 0.6 is 0 Å². The van der Waals surface area contributed by atoms with Crippen molar-refractivity contribution in [3.8, 4) is 0 Å². The topological polar surface area (TPSA) is 70.6 Å². The maximum absolute atomic E-state index is 13.7. The van der Waals surface area contributed by atoms with Gasteiger partial charge in [-0.05, 0) is 62.6 Å². The Morgan fingerprint density at radius 2 is 1.59 bits per heavy atom. The van der Waals surface area contributed by atoms with Crippen molar-refractivity contribution in [3.05, 3.63) is 78.0 Å². The average molecular weight is 480 g/mol. The molecule has 0 bridgehead atoms. The molecule has 0 fully saturated rings. The van der Waals surface area contributed by atoms with Crippen LogP contribution in [-0.4, -0.2) is 43.8 Å². The highest BCUT2D eigenvalue weighted by Gasteiger charge is 2.27. The average Bonchev–Trinajstić information content (AvgIpc) is 2.84. The fourth-order valence-electron chi connectivity index (χ4n) is 3.76.